The standard InChI is InChI=1S/C19H25ClN2O3/c1-11-12(2)24-18-15(8-14(20)9-16(18)21(11)3)19(23)25-17-10-22-6-4-13(17)5-7-22/h8-9,11-13,17H,4-7,10H2,1-3H3. The molecule has 4 aliphatic heterocycles. The van der Waals surface area contributed by atoms with Gasteiger partial charge in [-0.15, -0.1) is 0 Å². The van der Waals surface area contributed by atoms with Crippen LogP contribution >= 0.6 is 11.6 Å². The SMILES string of the molecule is CC1Oc2c(C(=O)OC3CN4CCC3CC4)cc(Cl)cc2N(C)C1C. The molecule has 1 aromatic carbocycles. The lowest BCUT2D eigenvalue weighted by Crippen LogP contribution is -2.52. The van der Waals surface area contributed by atoms with Crippen LogP contribution in [0.1, 0.15) is 37.0 Å². The van der Waals surface area contributed by atoms with Gasteiger partial charge in [-0.05, 0) is 57.8 Å². The molecule has 136 valence electrons. The second-order valence-electron chi connectivity index (χ2n) is 7.56. The zero-order valence-corrected chi connectivity index (χ0v) is 15.8. The van der Waals surface area contributed by atoms with E-state index in [9.17, 15) is 4.79 Å². The van der Waals surface area contributed by atoms with Crippen LogP contribution in [0.15, 0.2) is 12.1 Å². The number of nitrogens with zero attached hydrogens (tertiary/aromatic N) is 2. The fourth-order valence-corrected chi connectivity index (χ4v) is 4.39. The molecule has 3 fully saturated rings. The molecule has 6 heteroatoms. The van der Waals surface area contributed by atoms with Crippen molar-refractivity contribution in [2.45, 2.75) is 44.9 Å². The molecule has 5 rings (SSSR count). The molecule has 0 saturated carbocycles. The maximum absolute atomic E-state index is 12.9. The van der Waals surface area contributed by atoms with E-state index in [4.69, 9.17) is 21.1 Å². The minimum Gasteiger partial charge on any atom is -0.485 e. The lowest BCUT2D eigenvalue weighted by atomic mass is 9.86. The molecular weight excluding hydrogens is 340 g/mol. The van der Waals surface area contributed by atoms with Gasteiger partial charge in [-0.2, -0.15) is 0 Å². The number of fused-ring (bicyclic) bond motifs is 4. The molecule has 0 radical (unpaired) electrons. The summed E-state index contributed by atoms with van der Waals surface area (Å²) < 4.78 is 12.0. The zero-order valence-electron chi connectivity index (χ0n) is 15.0. The van der Waals surface area contributed by atoms with E-state index < -0.39 is 0 Å². The molecule has 3 atom stereocenters. The van der Waals surface area contributed by atoms with Crippen molar-refractivity contribution in [2.24, 2.45) is 5.92 Å². The fourth-order valence-electron chi connectivity index (χ4n) is 4.18. The maximum atomic E-state index is 12.9. The van der Waals surface area contributed by atoms with Crippen LogP contribution in [0.4, 0.5) is 5.69 Å². The van der Waals surface area contributed by atoms with Crippen LogP contribution in [0, 0.1) is 5.92 Å². The highest BCUT2D eigenvalue weighted by Crippen LogP contribution is 2.41. The van der Waals surface area contributed by atoms with E-state index >= 15 is 0 Å². The first kappa shape index (κ1) is 17.0. The predicted molar refractivity (Wildman–Crippen MR) is 97.8 cm³/mol. The number of halogens is 1. The minimum atomic E-state index is -0.326. The molecule has 2 bridgehead atoms. The van der Waals surface area contributed by atoms with Crippen LogP contribution in [0.25, 0.3) is 0 Å². The molecule has 4 aliphatic rings. The van der Waals surface area contributed by atoms with Gasteiger partial charge in [-0.3, -0.25) is 4.90 Å². The quantitative estimate of drug-likeness (QED) is 0.754. The number of esters is 1. The van der Waals surface area contributed by atoms with Crippen molar-refractivity contribution in [1.29, 1.82) is 0 Å². The Morgan fingerprint density at radius 1 is 1.28 bits per heavy atom. The molecule has 0 aliphatic carbocycles. The fraction of sp³-hybridized carbons (Fsp3) is 0.632. The Morgan fingerprint density at radius 2 is 2.00 bits per heavy atom. The third-order valence-electron chi connectivity index (χ3n) is 6.08. The number of hydrogen-bond donors (Lipinski definition) is 0. The highest BCUT2D eigenvalue weighted by molar-refractivity contribution is 6.31. The molecule has 5 nitrogen and oxygen atoms in total. The molecule has 1 aromatic rings. The number of likely N-dealkylation sites (N-methyl/N-ethyl adjacent to an activating group) is 1. The summed E-state index contributed by atoms with van der Waals surface area (Å²) in [6, 6.07) is 3.72. The summed E-state index contributed by atoms with van der Waals surface area (Å²) in [5, 5.41) is 0.525. The first-order chi connectivity index (χ1) is 11.9. The third kappa shape index (κ3) is 2.97. The van der Waals surface area contributed by atoms with Crippen molar-refractivity contribution < 1.29 is 14.3 Å². The van der Waals surface area contributed by atoms with Gasteiger partial charge in [-0.1, -0.05) is 11.6 Å². The largest absolute Gasteiger partial charge is 0.485 e. The van der Waals surface area contributed by atoms with Crippen LogP contribution in [-0.4, -0.2) is 55.8 Å². The normalized spacial score (nSPS) is 33.6. The van der Waals surface area contributed by atoms with Crippen molar-refractivity contribution in [3.05, 3.63) is 22.7 Å². The topological polar surface area (TPSA) is 42.0 Å². The number of rotatable bonds is 2. The number of piperidine rings is 3. The van der Waals surface area contributed by atoms with Crippen LogP contribution in [0.2, 0.25) is 5.02 Å². The average molecular weight is 365 g/mol. The molecule has 25 heavy (non-hydrogen) atoms. The second-order valence-corrected chi connectivity index (χ2v) is 7.99. The number of anilines is 1. The van der Waals surface area contributed by atoms with Crippen LogP contribution in [-0.2, 0) is 4.74 Å². The van der Waals surface area contributed by atoms with Crippen LogP contribution < -0.4 is 9.64 Å². The highest BCUT2D eigenvalue weighted by atomic mass is 35.5. The van der Waals surface area contributed by atoms with Gasteiger partial charge in [0.2, 0.25) is 0 Å². The van der Waals surface area contributed by atoms with E-state index in [0.717, 1.165) is 38.2 Å². The van der Waals surface area contributed by atoms with Crippen molar-refractivity contribution in [1.82, 2.24) is 4.90 Å². The summed E-state index contributed by atoms with van der Waals surface area (Å²) in [5.41, 5.74) is 1.28. The van der Waals surface area contributed by atoms with Crippen molar-refractivity contribution >= 4 is 23.3 Å². The van der Waals surface area contributed by atoms with Crippen LogP contribution in [0.5, 0.6) is 5.75 Å². The Bertz CT molecular complexity index is 687. The zero-order chi connectivity index (χ0) is 17.7. The first-order valence-corrected chi connectivity index (χ1v) is 9.48. The first-order valence-electron chi connectivity index (χ1n) is 9.10. The van der Waals surface area contributed by atoms with Gasteiger partial charge < -0.3 is 14.4 Å². The van der Waals surface area contributed by atoms with E-state index in [1.54, 1.807) is 6.07 Å². The van der Waals surface area contributed by atoms with Gasteiger partial charge in [0.15, 0.2) is 5.75 Å². The van der Waals surface area contributed by atoms with E-state index in [-0.39, 0.29) is 24.2 Å². The van der Waals surface area contributed by atoms with Gasteiger partial charge in [0.1, 0.15) is 17.8 Å². The molecule has 3 saturated heterocycles. The Hall–Kier alpha value is -1.46. The Morgan fingerprint density at radius 3 is 2.64 bits per heavy atom. The van der Waals surface area contributed by atoms with E-state index in [1.165, 1.54) is 0 Å². The highest BCUT2D eigenvalue weighted by Gasteiger charge is 2.38. The molecule has 0 amide bonds. The Balaban J connectivity index is 1.62. The smallest absolute Gasteiger partial charge is 0.342 e. The number of carbonyl (C=O) groups excluding carboxylic acids is 1. The number of carbonyl (C=O) groups is 1. The lowest BCUT2D eigenvalue weighted by molar-refractivity contribution is -0.0458. The predicted octanol–water partition coefficient (Wildman–Crippen LogP) is 3.20. The van der Waals surface area contributed by atoms with Gasteiger partial charge in [0.05, 0.1) is 11.7 Å². The summed E-state index contributed by atoms with van der Waals surface area (Å²) in [6.07, 6.45) is 2.18. The van der Waals surface area contributed by atoms with Gasteiger partial charge in [-0.25, -0.2) is 4.79 Å². The minimum absolute atomic E-state index is 0.0120. The summed E-state index contributed by atoms with van der Waals surface area (Å²) in [5.74, 6) is 0.739. The molecule has 0 aromatic heterocycles. The second kappa shape index (κ2) is 6.36. The van der Waals surface area contributed by atoms with Crippen molar-refractivity contribution in [3.63, 3.8) is 0 Å². The van der Waals surface area contributed by atoms with Gasteiger partial charge in [0.25, 0.3) is 0 Å². The monoisotopic (exact) mass is 364 g/mol. The molecule has 0 N–H and O–H groups in total. The summed E-state index contributed by atoms with van der Waals surface area (Å²) >= 11 is 6.28. The van der Waals surface area contributed by atoms with Crippen LogP contribution in [0.3, 0.4) is 0 Å². The van der Waals surface area contributed by atoms with Crippen molar-refractivity contribution in [3.8, 4) is 5.75 Å². The summed E-state index contributed by atoms with van der Waals surface area (Å²) in [4.78, 5) is 17.4. The number of ether oxygens (including phenoxy) is 2. The molecular formula is C19H25ClN2O3. The molecule has 4 heterocycles. The number of hydrogen-bond acceptors (Lipinski definition) is 5. The lowest BCUT2D eigenvalue weighted by Gasteiger charge is -2.44. The van der Waals surface area contributed by atoms with E-state index in [1.807, 2.05) is 20.0 Å². The summed E-state index contributed by atoms with van der Waals surface area (Å²) in [6.45, 7) is 7.19. The van der Waals surface area contributed by atoms with Gasteiger partial charge in [0, 0.05) is 18.6 Å². The molecule has 0 spiro atoms. The average Bonchev–Trinajstić information content (AvgIpc) is 2.61. The summed E-state index contributed by atoms with van der Waals surface area (Å²) in [7, 11) is 2.00. The van der Waals surface area contributed by atoms with Gasteiger partial charge >= 0.3 is 5.97 Å². The number of benzene rings is 1. The van der Waals surface area contributed by atoms with Crippen molar-refractivity contribution in [2.75, 3.05) is 31.6 Å². The van der Waals surface area contributed by atoms with E-state index in [2.05, 4.69) is 16.7 Å². The Labute approximate surface area is 153 Å². The molecule has 3 unspecified atom stereocenters. The maximum Gasteiger partial charge on any atom is 0.342 e. The Kier molecular flexibility index (Phi) is 4.32. The van der Waals surface area contributed by atoms with E-state index in [0.29, 0.717) is 22.3 Å². The third-order valence-corrected chi connectivity index (χ3v) is 6.30.